The van der Waals surface area contributed by atoms with Crippen LogP contribution in [0.4, 0.5) is 5.82 Å². The number of hydrogen-bond donors (Lipinski definition) is 2. The minimum Gasteiger partial charge on any atom is -0.383 e. The van der Waals surface area contributed by atoms with Crippen molar-refractivity contribution in [1.29, 1.82) is 0 Å². The van der Waals surface area contributed by atoms with E-state index in [1.54, 1.807) is 13.3 Å². The number of anilines is 1. The Hall–Kier alpha value is -1.66. The van der Waals surface area contributed by atoms with Crippen molar-refractivity contribution >= 4 is 11.7 Å². The summed E-state index contributed by atoms with van der Waals surface area (Å²) in [5.41, 5.74) is 1.11. The van der Waals surface area contributed by atoms with E-state index in [0.29, 0.717) is 13.2 Å². The minimum absolute atomic E-state index is 0.0615. The normalized spacial score (nSPS) is 15.8. The lowest BCUT2D eigenvalue weighted by Crippen LogP contribution is -2.34. The molecule has 0 spiro atoms. The second-order valence-corrected chi connectivity index (χ2v) is 4.78. The number of nitrogens with zero attached hydrogens (tertiary/aromatic N) is 2. The molecule has 1 fully saturated rings. The summed E-state index contributed by atoms with van der Waals surface area (Å²) >= 11 is 0. The fourth-order valence-corrected chi connectivity index (χ4v) is 2.24. The molecule has 0 radical (unpaired) electrons. The number of carbonyl (C=O) groups is 1. The van der Waals surface area contributed by atoms with Gasteiger partial charge in [-0.2, -0.15) is 0 Å². The molecule has 1 saturated heterocycles. The van der Waals surface area contributed by atoms with Gasteiger partial charge in [-0.25, -0.2) is 4.98 Å². The largest absolute Gasteiger partial charge is 0.383 e. The summed E-state index contributed by atoms with van der Waals surface area (Å²) in [4.78, 5) is 18.2. The summed E-state index contributed by atoms with van der Waals surface area (Å²) in [6, 6.07) is 3.97. The standard InChI is InChI=1S/C14H22N4O2/c1-20-9-7-15-10-12-4-2-5-17-14(12)18-8-3-6-16-13(19)11-18/h2,4-5,15H,3,6-11H2,1H3,(H,16,19). The number of ether oxygens (including phenoxy) is 1. The van der Waals surface area contributed by atoms with Gasteiger partial charge in [0.2, 0.25) is 5.91 Å². The second kappa shape index (κ2) is 7.81. The van der Waals surface area contributed by atoms with Crippen LogP contribution in [0, 0.1) is 0 Å². The lowest BCUT2D eigenvalue weighted by molar-refractivity contribution is -0.119. The maximum Gasteiger partial charge on any atom is 0.239 e. The molecule has 1 aliphatic heterocycles. The van der Waals surface area contributed by atoms with Gasteiger partial charge in [0.25, 0.3) is 0 Å². The smallest absolute Gasteiger partial charge is 0.239 e. The summed E-state index contributed by atoms with van der Waals surface area (Å²) in [5.74, 6) is 0.959. The van der Waals surface area contributed by atoms with Gasteiger partial charge in [-0.15, -0.1) is 0 Å². The van der Waals surface area contributed by atoms with Gasteiger partial charge in [0, 0.05) is 45.0 Å². The average molecular weight is 278 g/mol. The lowest BCUT2D eigenvalue weighted by atomic mass is 10.2. The van der Waals surface area contributed by atoms with Gasteiger partial charge in [-0.05, 0) is 12.5 Å². The van der Waals surface area contributed by atoms with Crippen LogP contribution in [0.2, 0.25) is 0 Å². The summed E-state index contributed by atoms with van der Waals surface area (Å²) < 4.78 is 5.02. The van der Waals surface area contributed by atoms with Crippen molar-refractivity contribution < 1.29 is 9.53 Å². The lowest BCUT2D eigenvalue weighted by Gasteiger charge is -2.23. The van der Waals surface area contributed by atoms with Crippen molar-refractivity contribution in [3.63, 3.8) is 0 Å². The highest BCUT2D eigenvalue weighted by Gasteiger charge is 2.18. The Kier molecular flexibility index (Phi) is 5.76. The number of rotatable bonds is 6. The molecule has 1 aromatic rings. The van der Waals surface area contributed by atoms with Gasteiger partial charge >= 0.3 is 0 Å². The molecule has 0 aliphatic carbocycles. The molecule has 2 N–H and O–H groups in total. The third kappa shape index (κ3) is 4.18. The molecule has 1 aromatic heterocycles. The van der Waals surface area contributed by atoms with Gasteiger partial charge in [0.05, 0.1) is 13.2 Å². The molecule has 1 amide bonds. The molecule has 0 saturated carbocycles. The van der Waals surface area contributed by atoms with Crippen molar-refractivity contribution in [1.82, 2.24) is 15.6 Å². The molecule has 0 bridgehead atoms. The van der Waals surface area contributed by atoms with E-state index in [1.165, 1.54) is 0 Å². The average Bonchev–Trinajstić information content (AvgIpc) is 2.69. The predicted octanol–water partition coefficient (Wildman–Crippen LogP) is 0.144. The van der Waals surface area contributed by atoms with Crippen molar-refractivity contribution in [3.8, 4) is 0 Å². The van der Waals surface area contributed by atoms with Crippen LogP contribution in [0.3, 0.4) is 0 Å². The van der Waals surface area contributed by atoms with Gasteiger partial charge in [-0.1, -0.05) is 6.07 Å². The maximum absolute atomic E-state index is 11.7. The quantitative estimate of drug-likeness (QED) is 0.725. The first-order valence-corrected chi connectivity index (χ1v) is 6.96. The first-order valence-electron chi connectivity index (χ1n) is 6.96. The molecule has 0 atom stereocenters. The molecule has 0 aromatic carbocycles. The van der Waals surface area contributed by atoms with Crippen LogP contribution in [0.25, 0.3) is 0 Å². The summed E-state index contributed by atoms with van der Waals surface area (Å²) in [6.45, 7) is 4.17. The van der Waals surface area contributed by atoms with E-state index in [2.05, 4.69) is 20.5 Å². The van der Waals surface area contributed by atoms with E-state index < -0.39 is 0 Å². The Balaban J connectivity index is 2.03. The molecule has 6 nitrogen and oxygen atoms in total. The third-order valence-corrected chi connectivity index (χ3v) is 3.23. The zero-order valence-electron chi connectivity index (χ0n) is 11.9. The van der Waals surface area contributed by atoms with E-state index in [-0.39, 0.29) is 5.91 Å². The molecule has 2 heterocycles. The monoisotopic (exact) mass is 278 g/mol. The highest BCUT2D eigenvalue weighted by Crippen LogP contribution is 2.17. The van der Waals surface area contributed by atoms with Crippen LogP contribution in [0.5, 0.6) is 0 Å². The van der Waals surface area contributed by atoms with Crippen LogP contribution >= 0.6 is 0 Å². The first-order chi connectivity index (χ1) is 9.81. The summed E-state index contributed by atoms with van der Waals surface area (Å²) in [6.07, 6.45) is 2.72. The molecule has 2 rings (SSSR count). The van der Waals surface area contributed by atoms with Gasteiger partial charge in [0.1, 0.15) is 5.82 Å². The Morgan fingerprint density at radius 2 is 2.45 bits per heavy atom. The number of hydrogen-bond acceptors (Lipinski definition) is 5. The van der Waals surface area contributed by atoms with Crippen molar-refractivity contribution in [3.05, 3.63) is 23.9 Å². The number of carbonyl (C=O) groups excluding carboxylic acids is 1. The van der Waals surface area contributed by atoms with Gasteiger partial charge in [0.15, 0.2) is 0 Å². The third-order valence-electron chi connectivity index (χ3n) is 3.23. The van der Waals surface area contributed by atoms with Crippen molar-refractivity contribution in [2.45, 2.75) is 13.0 Å². The van der Waals surface area contributed by atoms with Gasteiger partial charge < -0.3 is 20.3 Å². The van der Waals surface area contributed by atoms with Crippen molar-refractivity contribution in [2.75, 3.05) is 44.8 Å². The summed E-state index contributed by atoms with van der Waals surface area (Å²) in [5, 5.41) is 6.20. The number of aromatic nitrogens is 1. The number of amides is 1. The molecule has 20 heavy (non-hydrogen) atoms. The van der Waals surface area contributed by atoms with E-state index in [9.17, 15) is 4.79 Å². The fraction of sp³-hybridized carbons (Fsp3) is 0.571. The topological polar surface area (TPSA) is 66.5 Å². The SMILES string of the molecule is COCCNCc1cccnc1N1CCCNC(=O)C1. The Bertz CT molecular complexity index is 439. The van der Waals surface area contributed by atoms with Crippen LogP contribution in [0.1, 0.15) is 12.0 Å². The zero-order chi connectivity index (χ0) is 14.2. The van der Waals surface area contributed by atoms with Crippen LogP contribution in [-0.2, 0) is 16.1 Å². The summed E-state index contributed by atoms with van der Waals surface area (Å²) in [7, 11) is 1.69. The number of methoxy groups -OCH3 is 1. The Morgan fingerprint density at radius 1 is 1.55 bits per heavy atom. The van der Waals surface area contributed by atoms with E-state index >= 15 is 0 Å². The number of nitrogens with one attached hydrogen (secondary N) is 2. The van der Waals surface area contributed by atoms with Crippen LogP contribution < -0.4 is 15.5 Å². The molecule has 6 heteroatoms. The fourth-order valence-electron chi connectivity index (χ4n) is 2.24. The molecular weight excluding hydrogens is 256 g/mol. The molecule has 0 unspecified atom stereocenters. The molecule has 110 valence electrons. The van der Waals surface area contributed by atoms with Crippen LogP contribution in [-0.4, -0.2) is 50.8 Å². The van der Waals surface area contributed by atoms with E-state index in [0.717, 1.165) is 44.0 Å². The Morgan fingerprint density at radius 3 is 3.30 bits per heavy atom. The molecule has 1 aliphatic rings. The highest BCUT2D eigenvalue weighted by molar-refractivity contribution is 5.81. The first kappa shape index (κ1) is 14.7. The molecular formula is C14H22N4O2. The Labute approximate surface area is 119 Å². The maximum atomic E-state index is 11.7. The minimum atomic E-state index is 0.0615. The van der Waals surface area contributed by atoms with Crippen LogP contribution in [0.15, 0.2) is 18.3 Å². The van der Waals surface area contributed by atoms with Gasteiger partial charge in [-0.3, -0.25) is 4.79 Å². The van der Waals surface area contributed by atoms with E-state index in [4.69, 9.17) is 4.74 Å². The van der Waals surface area contributed by atoms with Crippen molar-refractivity contribution in [2.24, 2.45) is 0 Å². The zero-order valence-corrected chi connectivity index (χ0v) is 11.9. The second-order valence-electron chi connectivity index (χ2n) is 4.78. The predicted molar refractivity (Wildman–Crippen MR) is 77.7 cm³/mol. The van der Waals surface area contributed by atoms with E-state index in [1.807, 2.05) is 12.1 Å². The number of pyridine rings is 1. The highest BCUT2D eigenvalue weighted by atomic mass is 16.5.